The van der Waals surface area contributed by atoms with Crippen LogP contribution in [0.1, 0.15) is 45.4 Å². The zero-order chi connectivity index (χ0) is 12.5. The molecule has 0 bridgehead atoms. The molecular weight excluding hydrogens is 212 g/mol. The zero-order valence-corrected chi connectivity index (χ0v) is 11.1. The van der Waals surface area contributed by atoms with Gasteiger partial charge in [0.1, 0.15) is 0 Å². The van der Waals surface area contributed by atoms with Gasteiger partial charge in [0.15, 0.2) is 0 Å². The van der Waals surface area contributed by atoms with Crippen LogP contribution in [0.4, 0.5) is 0 Å². The van der Waals surface area contributed by atoms with Gasteiger partial charge in [0.2, 0.25) is 5.91 Å². The molecule has 0 radical (unpaired) electrons. The summed E-state index contributed by atoms with van der Waals surface area (Å²) in [5, 5.41) is 3.46. The van der Waals surface area contributed by atoms with Crippen LogP contribution in [0.15, 0.2) is 12.7 Å². The van der Waals surface area contributed by atoms with Crippen molar-refractivity contribution in [3.05, 3.63) is 12.7 Å². The number of nitrogens with zero attached hydrogens (tertiary/aromatic N) is 1. The van der Waals surface area contributed by atoms with E-state index in [0.717, 1.165) is 38.9 Å². The molecule has 98 valence electrons. The third kappa shape index (κ3) is 5.35. The van der Waals surface area contributed by atoms with Gasteiger partial charge < -0.3 is 10.2 Å². The van der Waals surface area contributed by atoms with E-state index in [1.165, 1.54) is 12.8 Å². The number of hydrogen-bond acceptors (Lipinski definition) is 2. The molecule has 1 heterocycles. The second-order valence-corrected chi connectivity index (χ2v) is 4.81. The van der Waals surface area contributed by atoms with E-state index in [4.69, 9.17) is 0 Å². The monoisotopic (exact) mass is 238 g/mol. The molecule has 1 fully saturated rings. The maximum absolute atomic E-state index is 12.0. The van der Waals surface area contributed by atoms with Crippen molar-refractivity contribution < 1.29 is 4.79 Å². The van der Waals surface area contributed by atoms with E-state index in [1.54, 1.807) is 0 Å². The number of carbonyl (C=O) groups is 1. The highest BCUT2D eigenvalue weighted by Crippen LogP contribution is 2.09. The van der Waals surface area contributed by atoms with Gasteiger partial charge >= 0.3 is 0 Å². The van der Waals surface area contributed by atoms with Crippen LogP contribution >= 0.6 is 0 Å². The first-order chi connectivity index (χ1) is 8.27. The summed E-state index contributed by atoms with van der Waals surface area (Å²) in [6.45, 7) is 8.74. The topological polar surface area (TPSA) is 32.3 Å². The summed E-state index contributed by atoms with van der Waals surface area (Å²) in [6.07, 6.45) is 7.92. The number of carbonyl (C=O) groups excluding carboxylic acids is 1. The summed E-state index contributed by atoms with van der Waals surface area (Å²) >= 11 is 0. The minimum atomic E-state index is 0.284. The Labute approximate surface area is 105 Å². The Hall–Kier alpha value is -0.830. The molecule has 1 rings (SSSR count). The highest BCUT2D eigenvalue weighted by molar-refractivity contribution is 5.76. The molecule has 1 N–H and O–H groups in total. The first-order valence-corrected chi connectivity index (χ1v) is 6.90. The Morgan fingerprint density at radius 1 is 1.59 bits per heavy atom. The minimum Gasteiger partial charge on any atom is -0.341 e. The molecule has 3 heteroatoms. The molecule has 1 unspecified atom stereocenters. The molecular formula is C14H26N2O. The van der Waals surface area contributed by atoms with Gasteiger partial charge in [0.25, 0.3) is 0 Å². The first kappa shape index (κ1) is 14.2. The van der Waals surface area contributed by atoms with Crippen LogP contribution in [-0.2, 0) is 4.79 Å². The van der Waals surface area contributed by atoms with Gasteiger partial charge in [0, 0.05) is 25.6 Å². The minimum absolute atomic E-state index is 0.284. The fraction of sp³-hybridized carbons (Fsp3) is 0.786. The molecule has 0 aromatic carbocycles. The third-order valence-corrected chi connectivity index (χ3v) is 3.30. The van der Waals surface area contributed by atoms with Gasteiger partial charge in [-0.25, -0.2) is 0 Å². The molecule has 0 aliphatic carbocycles. The number of hydrogen-bond donors (Lipinski definition) is 1. The lowest BCUT2D eigenvalue weighted by atomic mass is 10.2. The van der Waals surface area contributed by atoms with Gasteiger partial charge in [-0.15, -0.1) is 6.58 Å². The van der Waals surface area contributed by atoms with Crippen molar-refractivity contribution in [1.29, 1.82) is 0 Å². The van der Waals surface area contributed by atoms with Crippen LogP contribution < -0.4 is 5.32 Å². The molecule has 1 amide bonds. The summed E-state index contributed by atoms with van der Waals surface area (Å²) in [4.78, 5) is 14.1. The maximum Gasteiger partial charge on any atom is 0.222 e. The number of allylic oxidation sites excluding steroid dienone is 1. The molecule has 0 aromatic heterocycles. The predicted molar refractivity (Wildman–Crippen MR) is 71.9 cm³/mol. The smallest absolute Gasteiger partial charge is 0.222 e. The summed E-state index contributed by atoms with van der Waals surface area (Å²) in [6, 6.07) is 0.513. The number of rotatable bonds is 8. The fourth-order valence-corrected chi connectivity index (χ4v) is 2.23. The summed E-state index contributed by atoms with van der Waals surface area (Å²) in [7, 11) is 0. The first-order valence-electron chi connectivity index (χ1n) is 6.90. The maximum atomic E-state index is 12.0. The molecule has 17 heavy (non-hydrogen) atoms. The number of nitrogens with one attached hydrogen (secondary N) is 1. The van der Waals surface area contributed by atoms with Crippen LogP contribution in [0.25, 0.3) is 0 Å². The average Bonchev–Trinajstić information content (AvgIpc) is 2.84. The Bertz CT molecular complexity index is 234. The molecule has 1 atom stereocenters. The standard InChI is InChI=1S/C14H26N2O/c1-3-5-9-14(17)16(11-6-4-2)12-13-8-7-10-15-13/h3,13,15H,1,4-12H2,2H3. The molecule has 1 aliphatic heterocycles. The van der Waals surface area contributed by atoms with E-state index in [2.05, 4.69) is 18.8 Å². The van der Waals surface area contributed by atoms with E-state index >= 15 is 0 Å². The Morgan fingerprint density at radius 3 is 3.00 bits per heavy atom. The van der Waals surface area contributed by atoms with E-state index in [0.29, 0.717) is 12.5 Å². The zero-order valence-electron chi connectivity index (χ0n) is 11.1. The van der Waals surface area contributed by atoms with Crippen LogP contribution in [0.2, 0.25) is 0 Å². The number of amides is 1. The predicted octanol–water partition coefficient (Wildman–Crippen LogP) is 2.33. The average molecular weight is 238 g/mol. The molecule has 0 aromatic rings. The summed E-state index contributed by atoms with van der Waals surface area (Å²) < 4.78 is 0. The lowest BCUT2D eigenvalue weighted by Gasteiger charge is -2.25. The second-order valence-electron chi connectivity index (χ2n) is 4.81. The Morgan fingerprint density at radius 2 is 2.41 bits per heavy atom. The lowest BCUT2D eigenvalue weighted by Crippen LogP contribution is -2.41. The molecule has 1 saturated heterocycles. The Balaban J connectivity index is 2.39. The SMILES string of the molecule is C=CCCC(=O)N(CCCC)CC1CCCN1. The van der Waals surface area contributed by atoms with Gasteiger partial charge in [-0.05, 0) is 32.2 Å². The fourth-order valence-electron chi connectivity index (χ4n) is 2.23. The van der Waals surface area contributed by atoms with Crippen molar-refractivity contribution >= 4 is 5.91 Å². The van der Waals surface area contributed by atoms with Crippen molar-refractivity contribution in [3.63, 3.8) is 0 Å². The summed E-state index contributed by atoms with van der Waals surface area (Å²) in [5.41, 5.74) is 0. The summed E-state index contributed by atoms with van der Waals surface area (Å²) in [5.74, 6) is 0.284. The van der Waals surface area contributed by atoms with E-state index in [1.807, 2.05) is 11.0 Å². The van der Waals surface area contributed by atoms with E-state index in [9.17, 15) is 4.79 Å². The lowest BCUT2D eigenvalue weighted by molar-refractivity contribution is -0.131. The number of unbranched alkanes of at least 4 members (excludes halogenated alkanes) is 1. The Kier molecular flexibility index (Phi) is 6.94. The van der Waals surface area contributed by atoms with Gasteiger partial charge in [-0.1, -0.05) is 19.4 Å². The van der Waals surface area contributed by atoms with Gasteiger partial charge in [0.05, 0.1) is 0 Å². The van der Waals surface area contributed by atoms with Gasteiger partial charge in [-0.3, -0.25) is 4.79 Å². The largest absolute Gasteiger partial charge is 0.341 e. The van der Waals surface area contributed by atoms with E-state index in [-0.39, 0.29) is 5.91 Å². The van der Waals surface area contributed by atoms with Crippen molar-refractivity contribution in [2.24, 2.45) is 0 Å². The normalized spacial score (nSPS) is 19.2. The molecule has 0 spiro atoms. The molecule has 1 aliphatic rings. The van der Waals surface area contributed by atoms with Crippen LogP contribution in [0.5, 0.6) is 0 Å². The van der Waals surface area contributed by atoms with E-state index < -0.39 is 0 Å². The molecule has 0 saturated carbocycles. The van der Waals surface area contributed by atoms with Crippen LogP contribution in [-0.4, -0.2) is 36.5 Å². The van der Waals surface area contributed by atoms with Crippen molar-refractivity contribution in [2.45, 2.75) is 51.5 Å². The van der Waals surface area contributed by atoms with Crippen LogP contribution in [0.3, 0.4) is 0 Å². The van der Waals surface area contributed by atoms with Crippen molar-refractivity contribution in [2.75, 3.05) is 19.6 Å². The van der Waals surface area contributed by atoms with Crippen molar-refractivity contribution in [1.82, 2.24) is 10.2 Å². The molecule has 3 nitrogen and oxygen atoms in total. The third-order valence-electron chi connectivity index (χ3n) is 3.30. The second kappa shape index (κ2) is 8.29. The quantitative estimate of drug-likeness (QED) is 0.658. The van der Waals surface area contributed by atoms with Gasteiger partial charge in [-0.2, -0.15) is 0 Å². The highest BCUT2D eigenvalue weighted by atomic mass is 16.2. The van der Waals surface area contributed by atoms with Crippen LogP contribution in [0, 0.1) is 0 Å². The highest BCUT2D eigenvalue weighted by Gasteiger charge is 2.20. The van der Waals surface area contributed by atoms with Crippen molar-refractivity contribution in [3.8, 4) is 0 Å².